The van der Waals surface area contributed by atoms with Gasteiger partial charge in [-0.25, -0.2) is 0 Å². The van der Waals surface area contributed by atoms with Gasteiger partial charge in [-0.2, -0.15) is 10.1 Å². The molecule has 0 aromatic rings. The number of nitrogens with zero attached hydrogens (tertiary/aromatic N) is 2. The van der Waals surface area contributed by atoms with Crippen LogP contribution in [-0.4, -0.2) is 44.7 Å². The van der Waals surface area contributed by atoms with E-state index in [1.807, 2.05) is 0 Å². The SMILES string of the molecule is CCC(N)ON1C(C)(C)CC(CCCCCCC2CC(C)(C)N(OC(N)CC)C(C)(C)C2)CC1(C)C. The van der Waals surface area contributed by atoms with Crippen molar-refractivity contribution in [3.8, 4) is 0 Å². The maximum Gasteiger partial charge on any atom is 0.127 e. The van der Waals surface area contributed by atoms with E-state index < -0.39 is 0 Å². The lowest BCUT2D eigenvalue weighted by molar-refractivity contribution is -0.310. The highest BCUT2D eigenvalue weighted by atomic mass is 16.7. The van der Waals surface area contributed by atoms with Crippen LogP contribution in [0.1, 0.15) is 146 Å². The molecule has 2 unspecified atom stereocenters. The summed E-state index contributed by atoms with van der Waals surface area (Å²) in [6.07, 6.45) is 14.0. The number of hydrogen-bond donors (Lipinski definition) is 2. The van der Waals surface area contributed by atoms with Crippen LogP contribution >= 0.6 is 0 Å². The quantitative estimate of drug-likeness (QED) is 0.203. The molecular formula is C30H62N4O2. The maximum atomic E-state index is 6.19. The number of piperidine rings is 2. The molecule has 0 spiro atoms. The number of hydroxylamine groups is 4. The minimum Gasteiger partial charge on any atom is -0.304 e. The van der Waals surface area contributed by atoms with Crippen LogP contribution in [0.5, 0.6) is 0 Å². The lowest BCUT2D eigenvalue weighted by Gasteiger charge is -2.54. The van der Waals surface area contributed by atoms with E-state index in [0.29, 0.717) is 0 Å². The van der Waals surface area contributed by atoms with E-state index in [9.17, 15) is 0 Å². The maximum absolute atomic E-state index is 6.19. The summed E-state index contributed by atoms with van der Waals surface area (Å²) < 4.78 is 0. The Morgan fingerprint density at radius 2 is 0.861 bits per heavy atom. The lowest BCUT2D eigenvalue weighted by Crippen LogP contribution is -2.61. The van der Waals surface area contributed by atoms with Crippen molar-refractivity contribution in [2.75, 3.05) is 0 Å². The normalized spacial score (nSPS) is 26.7. The van der Waals surface area contributed by atoms with Crippen molar-refractivity contribution in [1.82, 2.24) is 10.1 Å². The van der Waals surface area contributed by atoms with E-state index in [-0.39, 0.29) is 34.6 Å². The van der Waals surface area contributed by atoms with Gasteiger partial charge in [-0.3, -0.25) is 9.68 Å². The molecule has 2 fully saturated rings. The largest absolute Gasteiger partial charge is 0.304 e. The van der Waals surface area contributed by atoms with Crippen LogP contribution in [0.4, 0.5) is 0 Å². The van der Waals surface area contributed by atoms with E-state index in [1.165, 1.54) is 64.2 Å². The molecule has 2 atom stereocenters. The molecule has 0 radical (unpaired) electrons. The molecule has 2 saturated heterocycles. The van der Waals surface area contributed by atoms with Crippen molar-refractivity contribution >= 4 is 0 Å². The van der Waals surface area contributed by atoms with E-state index in [1.54, 1.807) is 0 Å². The average Bonchev–Trinajstić information content (AvgIpc) is 2.74. The highest BCUT2D eigenvalue weighted by molar-refractivity contribution is 4.98. The van der Waals surface area contributed by atoms with Crippen LogP contribution in [0.15, 0.2) is 0 Å². The highest BCUT2D eigenvalue weighted by Gasteiger charge is 2.48. The molecule has 0 aromatic carbocycles. The zero-order chi connectivity index (χ0) is 27.4. The third-order valence-corrected chi connectivity index (χ3v) is 8.61. The van der Waals surface area contributed by atoms with E-state index in [0.717, 1.165) is 24.7 Å². The van der Waals surface area contributed by atoms with Crippen LogP contribution in [0.3, 0.4) is 0 Å². The van der Waals surface area contributed by atoms with Gasteiger partial charge < -0.3 is 11.5 Å². The Bertz CT molecular complexity index is 571. The molecule has 36 heavy (non-hydrogen) atoms. The van der Waals surface area contributed by atoms with Crippen molar-refractivity contribution in [1.29, 1.82) is 0 Å². The molecule has 0 aromatic heterocycles. The van der Waals surface area contributed by atoms with Gasteiger partial charge in [0.15, 0.2) is 0 Å². The third-order valence-electron chi connectivity index (χ3n) is 8.61. The summed E-state index contributed by atoms with van der Waals surface area (Å²) in [6.45, 7) is 22.7. The summed E-state index contributed by atoms with van der Waals surface area (Å²) in [5.41, 5.74) is 12.3. The van der Waals surface area contributed by atoms with Gasteiger partial charge in [0.2, 0.25) is 0 Å². The Kier molecular flexibility index (Phi) is 11.3. The molecule has 6 nitrogen and oxygen atoms in total. The van der Waals surface area contributed by atoms with Crippen molar-refractivity contribution in [2.24, 2.45) is 23.3 Å². The first-order valence-electron chi connectivity index (χ1n) is 15.0. The second-order valence-electron chi connectivity index (χ2n) is 14.5. The lowest BCUT2D eigenvalue weighted by atomic mass is 9.73. The summed E-state index contributed by atoms with van der Waals surface area (Å²) in [7, 11) is 0. The van der Waals surface area contributed by atoms with Gasteiger partial charge in [0.25, 0.3) is 0 Å². The molecule has 2 aliphatic heterocycles. The van der Waals surface area contributed by atoms with Crippen LogP contribution < -0.4 is 11.5 Å². The van der Waals surface area contributed by atoms with Gasteiger partial charge >= 0.3 is 0 Å². The van der Waals surface area contributed by atoms with Gasteiger partial charge in [0.05, 0.1) is 0 Å². The second-order valence-corrected chi connectivity index (χ2v) is 14.5. The molecule has 4 N–H and O–H groups in total. The first kappa shape index (κ1) is 32.0. The molecule has 0 amide bonds. The van der Waals surface area contributed by atoms with Crippen molar-refractivity contribution in [3.05, 3.63) is 0 Å². The van der Waals surface area contributed by atoms with Gasteiger partial charge in [0, 0.05) is 22.2 Å². The number of nitrogens with two attached hydrogens (primary N) is 2. The summed E-state index contributed by atoms with van der Waals surface area (Å²) in [4.78, 5) is 12.4. The average molecular weight is 511 g/mol. The fourth-order valence-corrected chi connectivity index (χ4v) is 7.56. The Morgan fingerprint density at radius 3 is 1.11 bits per heavy atom. The molecule has 0 bridgehead atoms. The van der Waals surface area contributed by atoms with Crippen molar-refractivity contribution in [2.45, 2.75) is 181 Å². The third kappa shape index (κ3) is 8.64. The summed E-state index contributed by atoms with van der Waals surface area (Å²) in [5.74, 6) is 1.52. The Balaban J connectivity index is 1.75. The van der Waals surface area contributed by atoms with E-state index >= 15 is 0 Å². The predicted octanol–water partition coefficient (Wildman–Crippen LogP) is 7.12. The van der Waals surface area contributed by atoms with Crippen LogP contribution in [0.2, 0.25) is 0 Å². The van der Waals surface area contributed by atoms with E-state index in [2.05, 4.69) is 79.4 Å². The number of unbranched alkanes of at least 4 members (excludes halogenated alkanes) is 3. The van der Waals surface area contributed by atoms with E-state index in [4.69, 9.17) is 21.1 Å². The molecule has 2 heterocycles. The monoisotopic (exact) mass is 510 g/mol. The smallest absolute Gasteiger partial charge is 0.127 e. The predicted molar refractivity (Wildman–Crippen MR) is 152 cm³/mol. The topological polar surface area (TPSA) is 77.0 Å². The zero-order valence-corrected chi connectivity index (χ0v) is 25.7. The minimum absolute atomic E-state index is 0.0123. The summed E-state index contributed by atoms with van der Waals surface area (Å²) in [6, 6.07) is 0. The second kappa shape index (κ2) is 12.7. The molecule has 214 valence electrons. The van der Waals surface area contributed by atoms with Gasteiger partial charge in [0.1, 0.15) is 12.5 Å². The highest BCUT2D eigenvalue weighted by Crippen LogP contribution is 2.45. The number of rotatable bonds is 13. The zero-order valence-electron chi connectivity index (χ0n) is 25.7. The molecule has 2 aliphatic rings. The first-order valence-corrected chi connectivity index (χ1v) is 15.0. The van der Waals surface area contributed by atoms with Crippen LogP contribution in [-0.2, 0) is 9.68 Å². The fraction of sp³-hybridized carbons (Fsp3) is 1.00. The van der Waals surface area contributed by atoms with Gasteiger partial charge in [-0.1, -0.05) is 52.4 Å². The summed E-state index contributed by atoms with van der Waals surface area (Å²) in [5, 5.41) is 4.42. The minimum atomic E-state index is -0.218. The molecule has 0 saturated carbocycles. The molecule has 0 aliphatic carbocycles. The Labute approximate surface area is 224 Å². The number of hydrogen-bond acceptors (Lipinski definition) is 6. The summed E-state index contributed by atoms with van der Waals surface area (Å²) >= 11 is 0. The standard InChI is InChI=1S/C30H62N4O2/c1-11-25(31)35-33-27(3,4)19-23(20-28(33,5)6)17-15-13-14-16-18-24-21-29(7,8)34(30(9,10)22-24)36-26(32)12-2/h23-26H,11-22,31-32H2,1-10H3. The molecular weight excluding hydrogens is 448 g/mol. The fourth-order valence-electron chi connectivity index (χ4n) is 7.56. The molecule has 2 rings (SSSR count). The van der Waals surface area contributed by atoms with Crippen molar-refractivity contribution in [3.63, 3.8) is 0 Å². The Morgan fingerprint density at radius 1 is 0.583 bits per heavy atom. The van der Waals surface area contributed by atoms with Crippen LogP contribution in [0.25, 0.3) is 0 Å². The molecule has 6 heteroatoms. The van der Waals surface area contributed by atoms with Gasteiger partial charge in [-0.05, 0) is 106 Å². The first-order chi connectivity index (χ1) is 16.5. The Hall–Kier alpha value is -0.240. The van der Waals surface area contributed by atoms with Crippen LogP contribution in [0, 0.1) is 11.8 Å². The van der Waals surface area contributed by atoms with Crippen molar-refractivity contribution < 1.29 is 9.68 Å². The van der Waals surface area contributed by atoms with Gasteiger partial charge in [-0.15, -0.1) is 0 Å².